The third-order valence-electron chi connectivity index (χ3n) is 0.728. The quantitative estimate of drug-likeness (QED) is 0.277. The SMILES string of the molecule is Cl.[N-]=[N+]=NCCNCC(=O)O. The lowest BCUT2D eigenvalue weighted by Gasteiger charge is -1.94. The minimum absolute atomic E-state index is 0. The van der Waals surface area contributed by atoms with Gasteiger partial charge in [0.1, 0.15) is 0 Å². The van der Waals surface area contributed by atoms with Crippen LogP contribution in [0.25, 0.3) is 10.4 Å². The summed E-state index contributed by atoms with van der Waals surface area (Å²) in [6.45, 7) is 0.584. The normalized spacial score (nSPS) is 7.64. The van der Waals surface area contributed by atoms with E-state index in [1.165, 1.54) is 0 Å². The van der Waals surface area contributed by atoms with E-state index in [-0.39, 0.29) is 25.5 Å². The molecule has 0 amide bonds. The van der Waals surface area contributed by atoms with Gasteiger partial charge in [-0.2, -0.15) is 0 Å². The summed E-state index contributed by atoms with van der Waals surface area (Å²) in [5.74, 6) is -0.916. The Hall–Kier alpha value is -0.970. The molecule has 0 heterocycles. The van der Waals surface area contributed by atoms with Gasteiger partial charge in [-0.3, -0.25) is 4.79 Å². The van der Waals surface area contributed by atoms with Gasteiger partial charge in [-0.05, 0) is 5.53 Å². The van der Waals surface area contributed by atoms with Crippen LogP contribution in [-0.4, -0.2) is 30.7 Å². The van der Waals surface area contributed by atoms with E-state index < -0.39 is 5.97 Å². The number of nitrogens with one attached hydrogen (secondary N) is 1. The molecule has 0 spiro atoms. The Labute approximate surface area is 69.6 Å². The summed E-state index contributed by atoms with van der Waals surface area (Å²) >= 11 is 0. The standard InChI is InChI=1S/C4H8N4O2.ClH/c5-8-7-2-1-6-3-4(9)10;/h6H,1-3H2,(H,9,10);1H. The van der Waals surface area contributed by atoms with E-state index in [9.17, 15) is 4.79 Å². The van der Waals surface area contributed by atoms with Gasteiger partial charge in [-0.15, -0.1) is 12.4 Å². The molecule has 0 aliphatic rings. The summed E-state index contributed by atoms with van der Waals surface area (Å²) in [5, 5.41) is 13.9. The predicted octanol–water partition coefficient (Wildman–Crippen LogP) is 0.393. The largest absolute Gasteiger partial charge is 0.480 e. The maximum absolute atomic E-state index is 9.87. The Morgan fingerprint density at radius 1 is 1.73 bits per heavy atom. The molecule has 7 heteroatoms. The fourth-order valence-corrected chi connectivity index (χ4v) is 0.369. The predicted molar refractivity (Wildman–Crippen MR) is 41.8 cm³/mol. The Morgan fingerprint density at radius 2 is 2.36 bits per heavy atom. The van der Waals surface area contributed by atoms with Crippen LogP contribution in [0.2, 0.25) is 0 Å². The average Bonchev–Trinajstić information content (AvgIpc) is 1.87. The zero-order chi connectivity index (χ0) is 7.82. The van der Waals surface area contributed by atoms with Gasteiger partial charge in [0.15, 0.2) is 0 Å². The summed E-state index contributed by atoms with van der Waals surface area (Å²) in [4.78, 5) is 12.4. The van der Waals surface area contributed by atoms with Crippen molar-refractivity contribution >= 4 is 18.4 Å². The van der Waals surface area contributed by atoms with Crippen molar-refractivity contribution in [1.82, 2.24) is 5.32 Å². The third-order valence-corrected chi connectivity index (χ3v) is 0.728. The van der Waals surface area contributed by atoms with E-state index in [1.54, 1.807) is 0 Å². The summed E-state index contributed by atoms with van der Waals surface area (Å²) < 4.78 is 0. The van der Waals surface area contributed by atoms with Crippen LogP contribution in [0.3, 0.4) is 0 Å². The highest BCUT2D eigenvalue weighted by atomic mass is 35.5. The number of nitrogens with zero attached hydrogens (tertiary/aromatic N) is 3. The van der Waals surface area contributed by atoms with Crippen LogP contribution >= 0.6 is 12.4 Å². The zero-order valence-corrected chi connectivity index (χ0v) is 6.54. The minimum atomic E-state index is -0.916. The summed E-state index contributed by atoms with van der Waals surface area (Å²) in [6.07, 6.45) is 0. The molecule has 0 radical (unpaired) electrons. The lowest BCUT2D eigenvalue weighted by atomic mass is 10.6. The summed E-state index contributed by atoms with van der Waals surface area (Å²) in [5.41, 5.74) is 7.79. The molecule has 2 N–H and O–H groups in total. The first-order valence-electron chi connectivity index (χ1n) is 2.70. The molecule has 0 unspecified atom stereocenters. The number of hydrogen-bond donors (Lipinski definition) is 2. The Kier molecular flexibility index (Phi) is 10.4. The van der Waals surface area contributed by atoms with Gasteiger partial charge in [0, 0.05) is 18.0 Å². The molecule has 0 saturated heterocycles. The molecule has 0 bridgehead atoms. The van der Waals surface area contributed by atoms with Crippen LogP contribution < -0.4 is 5.32 Å². The Balaban J connectivity index is 0. The maximum Gasteiger partial charge on any atom is 0.317 e. The van der Waals surface area contributed by atoms with Crippen molar-refractivity contribution in [1.29, 1.82) is 0 Å². The lowest BCUT2D eigenvalue weighted by molar-refractivity contribution is -0.135. The van der Waals surface area contributed by atoms with Crippen molar-refractivity contribution < 1.29 is 9.90 Å². The molecule has 0 saturated carbocycles. The van der Waals surface area contributed by atoms with Gasteiger partial charge >= 0.3 is 5.97 Å². The average molecular weight is 181 g/mol. The van der Waals surface area contributed by atoms with Crippen LogP contribution in [0.15, 0.2) is 5.11 Å². The number of carboxylic acids is 1. The fourth-order valence-electron chi connectivity index (χ4n) is 0.369. The number of carboxylic acid groups (broad SMARTS) is 1. The van der Waals surface area contributed by atoms with E-state index in [0.29, 0.717) is 6.54 Å². The van der Waals surface area contributed by atoms with Crippen molar-refractivity contribution in [2.75, 3.05) is 19.6 Å². The molecule has 64 valence electrons. The third kappa shape index (κ3) is 12.3. The van der Waals surface area contributed by atoms with Gasteiger partial charge in [0.25, 0.3) is 0 Å². The van der Waals surface area contributed by atoms with Gasteiger partial charge < -0.3 is 10.4 Å². The molecular weight excluding hydrogens is 172 g/mol. The second-order valence-electron chi connectivity index (χ2n) is 1.52. The number of rotatable bonds is 5. The molecule has 11 heavy (non-hydrogen) atoms. The second-order valence-corrected chi connectivity index (χ2v) is 1.52. The number of azide groups is 1. The first-order valence-corrected chi connectivity index (χ1v) is 2.70. The fraction of sp³-hybridized carbons (Fsp3) is 0.750. The van der Waals surface area contributed by atoms with Crippen LogP contribution in [0.1, 0.15) is 0 Å². The highest BCUT2D eigenvalue weighted by Gasteiger charge is 1.91. The first kappa shape index (κ1) is 12.7. The molecule has 0 fully saturated rings. The smallest absolute Gasteiger partial charge is 0.317 e. The molecule has 0 aliphatic heterocycles. The van der Waals surface area contributed by atoms with Crippen molar-refractivity contribution in [2.45, 2.75) is 0 Å². The number of hydrogen-bond acceptors (Lipinski definition) is 3. The topological polar surface area (TPSA) is 98.1 Å². The van der Waals surface area contributed by atoms with Crippen molar-refractivity contribution in [2.24, 2.45) is 5.11 Å². The zero-order valence-electron chi connectivity index (χ0n) is 5.73. The molecular formula is C4H9ClN4O2. The molecule has 0 aromatic heterocycles. The van der Waals surface area contributed by atoms with Crippen LogP contribution in [-0.2, 0) is 4.79 Å². The van der Waals surface area contributed by atoms with Gasteiger partial charge in [-0.25, -0.2) is 0 Å². The summed E-state index contributed by atoms with van der Waals surface area (Å²) in [7, 11) is 0. The molecule has 0 atom stereocenters. The molecule has 0 rings (SSSR count). The molecule has 0 aromatic rings. The molecule has 0 aliphatic carbocycles. The second kappa shape index (κ2) is 9.03. The highest BCUT2D eigenvalue weighted by molar-refractivity contribution is 5.85. The van der Waals surface area contributed by atoms with Crippen LogP contribution in [0.4, 0.5) is 0 Å². The van der Waals surface area contributed by atoms with Crippen molar-refractivity contribution in [3.8, 4) is 0 Å². The van der Waals surface area contributed by atoms with Gasteiger partial charge in [0.05, 0.1) is 6.54 Å². The van der Waals surface area contributed by atoms with E-state index in [0.717, 1.165) is 0 Å². The lowest BCUT2D eigenvalue weighted by Crippen LogP contribution is -2.24. The molecule has 0 aromatic carbocycles. The van der Waals surface area contributed by atoms with E-state index >= 15 is 0 Å². The van der Waals surface area contributed by atoms with E-state index in [2.05, 4.69) is 15.3 Å². The number of halogens is 1. The Bertz CT molecular complexity index is 152. The van der Waals surface area contributed by atoms with Crippen molar-refractivity contribution in [3.05, 3.63) is 10.4 Å². The maximum atomic E-state index is 9.87. The minimum Gasteiger partial charge on any atom is -0.480 e. The molecule has 6 nitrogen and oxygen atoms in total. The van der Waals surface area contributed by atoms with Gasteiger partial charge in [0.2, 0.25) is 0 Å². The van der Waals surface area contributed by atoms with Crippen molar-refractivity contribution in [3.63, 3.8) is 0 Å². The van der Waals surface area contributed by atoms with Gasteiger partial charge in [-0.1, -0.05) is 5.11 Å². The van der Waals surface area contributed by atoms with E-state index in [1.807, 2.05) is 0 Å². The van der Waals surface area contributed by atoms with Crippen LogP contribution in [0, 0.1) is 0 Å². The number of carbonyl (C=O) groups is 1. The number of aliphatic carboxylic acids is 1. The van der Waals surface area contributed by atoms with Crippen LogP contribution in [0.5, 0.6) is 0 Å². The summed E-state index contributed by atoms with van der Waals surface area (Å²) in [6, 6.07) is 0. The first-order chi connectivity index (χ1) is 4.77. The highest BCUT2D eigenvalue weighted by Crippen LogP contribution is 1.67. The Morgan fingerprint density at radius 3 is 2.82 bits per heavy atom. The monoisotopic (exact) mass is 180 g/mol. The van der Waals surface area contributed by atoms with E-state index in [4.69, 9.17) is 10.6 Å².